The van der Waals surface area contributed by atoms with Gasteiger partial charge in [-0.05, 0) is 36.5 Å². The number of carbonyl (C=O) groups excluding carboxylic acids is 2. The summed E-state index contributed by atoms with van der Waals surface area (Å²) in [5.41, 5.74) is 1.46. The molecule has 2 N–H and O–H groups in total. The second kappa shape index (κ2) is 13.2. The number of amides is 2. The van der Waals surface area contributed by atoms with Gasteiger partial charge in [-0.1, -0.05) is 50.2 Å². The molecule has 2 heterocycles. The highest BCUT2D eigenvalue weighted by Gasteiger charge is 2.32. The van der Waals surface area contributed by atoms with E-state index in [1.54, 1.807) is 41.1 Å². The summed E-state index contributed by atoms with van der Waals surface area (Å²) in [6.07, 6.45) is -1.03. The van der Waals surface area contributed by atoms with Gasteiger partial charge in [0, 0.05) is 18.4 Å². The van der Waals surface area contributed by atoms with E-state index in [0.29, 0.717) is 31.4 Å². The van der Waals surface area contributed by atoms with Crippen LogP contribution in [0.25, 0.3) is 0 Å². The van der Waals surface area contributed by atoms with Crippen molar-refractivity contribution in [3.05, 3.63) is 60.7 Å². The number of nitrogens with one attached hydrogen (secondary N) is 2. The highest BCUT2D eigenvalue weighted by atomic mass is 32.1. The van der Waals surface area contributed by atoms with Crippen LogP contribution in [0.5, 0.6) is 0 Å². The maximum absolute atomic E-state index is 12.0. The third-order valence-electron chi connectivity index (χ3n) is 4.49. The van der Waals surface area contributed by atoms with Crippen molar-refractivity contribution < 1.29 is 19.1 Å². The van der Waals surface area contributed by atoms with Crippen molar-refractivity contribution in [1.29, 1.82) is 0 Å². The molecule has 0 aromatic heterocycles. The van der Waals surface area contributed by atoms with Crippen molar-refractivity contribution in [2.75, 3.05) is 43.1 Å². The Morgan fingerprint density at radius 3 is 1.97 bits per heavy atom. The number of nitrogens with zero attached hydrogens (tertiary/aromatic N) is 2. The molecule has 2 fully saturated rings. The van der Waals surface area contributed by atoms with Crippen LogP contribution < -0.4 is 20.4 Å². The first-order valence-electron chi connectivity index (χ1n) is 10.6. The molecule has 0 saturated carbocycles. The molecule has 0 bridgehead atoms. The summed E-state index contributed by atoms with van der Waals surface area (Å²) in [6.45, 7) is 5.80. The van der Waals surface area contributed by atoms with Crippen molar-refractivity contribution in [3.63, 3.8) is 0 Å². The number of hydrogen-bond donors (Lipinski definition) is 2. The Balaban J connectivity index is 0.000000387. The molecule has 1 unspecified atom stereocenters. The van der Waals surface area contributed by atoms with Gasteiger partial charge in [-0.2, -0.15) is 0 Å². The Morgan fingerprint density at radius 1 is 0.969 bits per heavy atom. The molecule has 4 rings (SSSR count). The van der Waals surface area contributed by atoms with Crippen LogP contribution in [0, 0.1) is 0 Å². The smallest absolute Gasteiger partial charge is 0.414 e. The summed E-state index contributed by atoms with van der Waals surface area (Å²) >= 11 is 5.00. The van der Waals surface area contributed by atoms with E-state index in [1.807, 2.05) is 50.2 Å². The molecule has 0 radical (unpaired) electrons. The van der Waals surface area contributed by atoms with Gasteiger partial charge in [0.1, 0.15) is 12.7 Å². The SMILES string of the molecule is CC.CNC(=S)NCC1CN(c2ccc(N3CCOC3=O)cc2)C(=O)O1.c1ccccc1. The molecule has 9 heteroatoms. The van der Waals surface area contributed by atoms with Gasteiger partial charge in [-0.25, -0.2) is 9.59 Å². The number of benzene rings is 2. The third kappa shape index (κ3) is 7.12. The normalized spacial score (nSPS) is 16.7. The number of hydrogen-bond acceptors (Lipinski definition) is 5. The van der Waals surface area contributed by atoms with Crippen LogP contribution in [0.1, 0.15) is 13.8 Å². The lowest BCUT2D eigenvalue weighted by Gasteiger charge is -2.16. The first-order chi connectivity index (χ1) is 15.6. The van der Waals surface area contributed by atoms with E-state index in [4.69, 9.17) is 21.7 Å². The molecule has 32 heavy (non-hydrogen) atoms. The Hall–Kier alpha value is -3.33. The summed E-state index contributed by atoms with van der Waals surface area (Å²) in [5.74, 6) is 0. The van der Waals surface area contributed by atoms with Crippen molar-refractivity contribution >= 4 is 40.9 Å². The van der Waals surface area contributed by atoms with E-state index < -0.39 is 6.09 Å². The van der Waals surface area contributed by atoms with Crippen molar-refractivity contribution in [2.45, 2.75) is 20.0 Å². The number of thiocarbonyl (C=S) groups is 1. The molecule has 0 spiro atoms. The van der Waals surface area contributed by atoms with Crippen molar-refractivity contribution in [3.8, 4) is 0 Å². The van der Waals surface area contributed by atoms with Crippen LogP contribution in [0.2, 0.25) is 0 Å². The van der Waals surface area contributed by atoms with Crippen LogP contribution in [-0.2, 0) is 9.47 Å². The molecule has 2 saturated heterocycles. The van der Waals surface area contributed by atoms with Gasteiger partial charge >= 0.3 is 12.2 Å². The number of carbonyl (C=O) groups is 2. The molecular formula is C23H30N4O4S. The van der Waals surface area contributed by atoms with Crippen molar-refractivity contribution in [2.24, 2.45) is 0 Å². The fraction of sp³-hybridized carbons (Fsp3) is 0.348. The standard InChI is InChI=1S/C15H18N4O4S.C6H6.C2H6/c1-16-13(24)17-8-12-9-19(15(21)23-12)11-4-2-10(3-5-11)18-6-7-22-14(18)20;1-2-4-6-5-3-1;1-2/h2-5,12H,6-9H2,1H3,(H2,16,17,24);1-6H;1-2H3. The Morgan fingerprint density at radius 2 is 1.50 bits per heavy atom. The maximum atomic E-state index is 12.0. The number of anilines is 2. The zero-order valence-corrected chi connectivity index (χ0v) is 19.4. The molecule has 1 atom stereocenters. The number of ether oxygens (including phenoxy) is 2. The maximum Gasteiger partial charge on any atom is 0.414 e. The van der Waals surface area contributed by atoms with Gasteiger partial charge in [0.05, 0.1) is 19.6 Å². The van der Waals surface area contributed by atoms with Gasteiger partial charge < -0.3 is 20.1 Å². The third-order valence-corrected chi connectivity index (χ3v) is 4.84. The van der Waals surface area contributed by atoms with E-state index in [2.05, 4.69) is 10.6 Å². The highest BCUT2D eigenvalue weighted by molar-refractivity contribution is 7.80. The van der Waals surface area contributed by atoms with E-state index in [9.17, 15) is 9.59 Å². The minimum Gasteiger partial charge on any atom is -0.447 e. The quantitative estimate of drug-likeness (QED) is 0.675. The molecule has 172 valence electrons. The van der Waals surface area contributed by atoms with E-state index in [1.165, 1.54) is 0 Å². The van der Waals surface area contributed by atoms with Crippen LogP contribution in [0.3, 0.4) is 0 Å². The summed E-state index contributed by atoms with van der Waals surface area (Å²) in [7, 11) is 1.72. The van der Waals surface area contributed by atoms with Crippen LogP contribution in [0.4, 0.5) is 21.0 Å². The topological polar surface area (TPSA) is 83.1 Å². The molecule has 0 aliphatic carbocycles. The second-order valence-corrected chi connectivity index (χ2v) is 6.92. The molecule has 2 aliphatic heterocycles. The molecule has 2 amide bonds. The lowest BCUT2D eigenvalue weighted by Crippen LogP contribution is -2.39. The van der Waals surface area contributed by atoms with Gasteiger partial charge in [0.25, 0.3) is 0 Å². The minimum absolute atomic E-state index is 0.281. The zero-order chi connectivity index (χ0) is 23.3. The predicted molar refractivity (Wildman–Crippen MR) is 130 cm³/mol. The zero-order valence-electron chi connectivity index (χ0n) is 18.6. The second-order valence-electron chi connectivity index (χ2n) is 6.51. The average molecular weight is 459 g/mol. The summed E-state index contributed by atoms with van der Waals surface area (Å²) in [4.78, 5) is 26.7. The number of cyclic esters (lactones) is 2. The summed E-state index contributed by atoms with van der Waals surface area (Å²) < 4.78 is 10.2. The van der Waals surface area contributed by atoms with Crippen molar-refractivity contribution in [1.82, 2.24) is 10.6 Å². The lowest BCUT2D eigenvalue weighted by atomic mass is 10.2. The first-order valence-corrected chi connectivity index (χ1v) is 11.0. The van der Waals surface area contributed by atoms with Gasteiger partial charge in [-0.3, -0.25) is 9.80 Å². The molecule has 2 aromatic rings. The summed E-state index contributed by atoms with van der Waals surface area (Å²) in [5, 5.41) is 6.29. The average Bonchev–Trinajstić information content (AvgIpc) is 3.45. The van der Waals surface area contributed by atoms with E-state index >= 15 is 0 Å². The first kappa shape index (κ1) is 24.9. The van der Waals surface area contributed by atoms with Crippen LogP contribution in [0.15, 0.2) is 60.7 Å². The van der Waals surface area contributed by atoms with E-state index in [0.717, 1.165) is 11.4 Å². The molecule has 2 aliphatic rings. The van der Waals surface area contributed by atoms with Crippen LogP contribution in [-0.4, -0.2) is 56.7 Å². The fourth-order valence-corrected chi connectivity index (χ4v) is 3.04. The highest BCUT2D eigenvalue weighted by Crippen LogP contribution is 2.26. The predicted octanol–water partition coefficient (Wildman–Crippen LogP) is 3.78. The minimum atomic E-state index is -0.398. The Kier molecular flexibility index (Phi) is 10.3. The Labute approximate surface area is 194 Å². The number of rotatable bonds is 4. The van der Waals surface area contributed by atoms with Gasteiger partial charge in [0.15, 0.2) is 5.11 Å². The van der Waals surface area contributed by atoms with Gasteiger partial charge in [-0.15, -0.1) is 0 Å². The summed E-state index contributed by atoms with van der Waals surface area (Å²) in [6, 6.07) is 19.2. The van der Waals surface area contributed by atoms with Gasteiger partial charge in [0.2, 0.25) is 0 Å². The largest absolute Gasteiger partial charge is 0.447 e. The fourth-order valence-electron chi connectivity index (χ4n) is 2.96. The lowest BCUT2D eigenvalue weighted by molar-refractivity contribution is 0.143. The molecule has 8 nitrogen and oxygen atoms in total. The molecule has 2 aromatic carbocycles. The van der Waals surface area contributed by atoms with Crippen LogP contribution >= 0.6 is 12.2 Å². The monoisotopic (exact) mass is 458 g/mol. The van der Waals surface area contributed by atoms with E-state index in [-0.39, 0.29) is 12.2 Å². The Bertz CT molecular complexity index is 837. The molecular weight excluding hydrogens is 428 g/mol.